The summed E-state index contributed by atoms with van der Waals surface area (Å²) in [7, 11) is 8.09. The average Bonchev–Trinajstić information content (AvgIpc) is 2.11. The lowest BCUT2D eigenvalue weighted by Crippen LogP contribution is -2.34. The largest absolute Gasteiger partial charge is 0.356 e. The molecule has 98 valence electrons. The van der Waals surface area contributed by atoms with Gasteiger partial charge in [0, 0.05) is 13.0 Å². The number of hydrogen-bond donors (Lipinski definition) is 2. The molecule has 2 N–H and O–H groups in total. The van der Waals surface area contributed by atoms with E-state index >= 15 is 0 Å². The highest BCUT2D eigenvalue weighted by atomic mass is 16.1. The third kappa shape index (κ3) is 8.25. The molecule has 1 atom stereocenters. The van der Waals surface area contributed by atoms with E-state index in [1.54, 1.807) is 0 Å². The minimum atomic E-state index is -0.275. The van der Waals surface area contributed by atoms with Gasteiger partial charge >= 0.3 is 0 Å². The summed E-state index contributed by atoms with van der Waals surface area (Å²) >= 11 is 0. The Bertz CT molecular complexity index is 240. The zero-order chi connectivity index (χ0) is 13.5. The van der Waals surface area contributed by atoms with Crippen LogP contribution in [0.15, 0.2) is 0 Å². The maximum Gasteiger partial charge on any atom is 0.220 e. The van der Waals surface area contributed by atoms with Crippen LogP contribution in [0, 0.1) is 5.41 Å². The third-order valence-electron chi connectivity index (χ3n) is 2.67. The Morgan fingerprint density at radius 2 is 1.88 bits per heavy atom. The molecule has 3 nitrogen and oxygen atoms in total. The van der Waals surface area contributed by atoms with E-state index in [4.69, 9.17) is 7.85 Å². The first-order valence-corrected chi connectivity index (χ1v) is 6.42. The zero-order valence-electron chi connectivity index (χ0n) is 12.0. The number of hydrogen-bond acceptors (Lipinski definition) is 2. The summed E-state index contributed by atoms with van der Waals surface area (Å²) in [5.74, 6) is 0.122. The van der Waals surface area contributed by atoms with Crippen LogP contribution in [-0.2, 0) is 4.79 Å². The fourth-order valence-electron chi connectivity index (χ4n) is 2.38. The smallest absolute Gasteiger partial charge is 0.220 e. The molecule has 0 fully saturated rings. The van der Waals surface area contributed by atoms with Gasteiger partial charge in [-0.2, -0.15) is 0 Å². The molecule has 1 amide bonds. The van der Waals surface area contributed by atoms with E-state index in [0.717, 1.165) is 25.9 Å². The van der Waals surface area contributed by atoms with Gasteiger partial charge in [-0.1, -0.05) is 33.0 Å². The van der Waals surface area contributed by atoms with Crippen LogP contribution in [0.1, 0.15) is 47.0 Å². The van der Waals surface area contributed by atoms with Crippen molar-refractivity contribution in [3.05, 3.63) is 0 Å². The molecule has 0 heterocycles. The summed E-state index contributed by atoms with van der Waals surface area (Å²) in [6.45, 7) is 9.78. The fourth-order valence-corrected chi connectivity index (χ4v) is 2.38. The van der Waals surface area contributed by atoms with Gasteiger partial charge < -0.3 is 10.6 Å². The molecule has 0 aromatic rings. The van der Waals surface area contributed by atoms with Gasteiger partial charge in [-0.3, -0.25) is 4.79 Å². The van der Waals surface area contributed by atoms with Gasteiger partial charge in [-0.05, 0) is 31.8 Å². The maximum absolute atomic E-state index is 11.7. The van der Waals surface area contributed by atoms with E-state index in [-0.39, 0.29) is 16.6 Å². The molecule has 17 heavy (non-hydrogen) atoms. The normalized spacial score (nSPS) is 15.4. The minimum Gasteiger partial charge on any atom is -0.356 e. The molecular weight excluding hydrogens is 211 g/mol. The first kappa shape index (κ1) is 16.5. The van der Waals surface area contributed by atoms with Crippen LogP contribution >= 0.6 is 0 Å². The van der Waals surface area contributed by atoms with Crippen LogP contribution in [0.25, 0.3) is 0 Å². The van der Waals surface area contributed by atoms with Crippen LogP contribution < -0.4 is 10.6 Å². The molecule has 0 aromatic heterocycles. The summed E-state index contributed by atoms with van der Waals surface area (Å²) in [4.78, 5) is 11.7. The van der Waals surface area contributed by atoms with Crippen molar-refractivity contribution in [1.29, 1.82) is 0 Å². The standard InChI is InChI=1S/C13H27BN2O/c1-6-7-16-11(17)8-12(2,3)9-13(4,14)10-15-5/h15H,6-10H2,1-5H3,(H,16,17). The summed E-state index contributed by atoms with van der Waals surface area (Å²) in [5.41, 5.74) is -0.0713. The second kappa shape index (κ2) is 7.05. The van der Waals surface area contributed by atoms with Crippen molar-refractivity contribution in [2.45, 2.75) is 52.3 Å². The molecule has 2 radical (unpaired) electrons. The van der Waals surface area contributed by atoms with Crippen molar-refractivity contribution in [2.75, 3.05) is 20.1 Å². The molecule has 0 aliphatic carbocycles. The number of carbonyl (C=O) groups is 1. The van der Waals surface area contributed by atoms with E-state index in [2.05, 4.69) is 31.4 Å². The van der Waals surface area contributed by atoms with Crippen molar-refractivity contribution in [3.8, 4) is 0 Å². The zero-order valence-corrected chi connectivity index (χ0v) is 12.0. The molecule has 4 heteroatoms. The van der Waals surface area contributed by atoms with Gasteiger partial charge in [-0.15, -0.1) is 0 Å². The number of amides is 1. The van der Waals surface area contributed by atoms with Crippen LogP contribution in [-0.4, -0.2) is 33.9 Å². The first-order valence-electron chi connectivity index (χ1n) is 6.42. The fraction of sp³-hybridized carbons (Fsp3) is 0.923. The summed E-state index contributed by atoms with van der Waals surface area (Å²) < 4.78 is 0. The highest BCUT2D eigenvalue weighted by Crippen LogP contribution is 2.38. The molecule has 0 rings (SSSR count). The minimum absolute atomic E-state index is 0.0713. The van der Waals surface area contributed by atoms with Crippen molar-refractivity contribution < 1.29 is 4.79 Å². The lowest BCUT2D eigenvalue weighted by Gasteiger charge is -2.35. The highest BCUT2D eigenvalue weighted by molar-refractivity contribution is 6.15. The summed E-state index contributed by atoms with van der Waals surface area (Å²) in [6, 6.07) is 0. The van der Waals surface area contributed by atoms with Crippen LogP contribution in [0.2, 0.25) is 5.31 Å². The molecule has 0 aliphatic heterocycles. The molecule has 0 aliphatic rings. The quantitative estimate of drug-likeness (QED) is 0.634. The van der Waals surface area contributed by atoms with Gasteiger partial charge in [-0.25, -0.2) is 0 Å². The Hall–Kier alpha value is -0.505. The van der Waals surface area contributed by atoms with Gasteiger partial charge in [0.05, 0.1) is 7.85 Å². The Morgan fingerprint density at radius 1 is 1.29 bits per heavy atom. The lowest BCUT2D eigenvalue weighted by atomic mass is 9.61. The van der Waals surface area contributed by atoms with Gasteiger partial charge in [0.2, 0.25) is 5.91 Å². The van der Waals surface area contributed by atoms with Crippen LogP contribution in [0.5, 0.6) is 0 Å². The molecule has 0 spiro atoms. The number of nitrogens with one attached hydrogen (secondary N) is 2. The molecule has 0 saturated carbocycles. The highest BCUT2D eigenvalue weighted by Gasteiger charge is 2.29. The molecule has 0 aromatic carbocycles. The van der Waals surface area contributed by atoms with E-state index in [0.29, 0.717) is 6.42 Å². The monoisotopic (exact) mass is 238 g/mol. The van der Waals surface area contributed by atoms with Crippen molar-refractivity contribution >= 4 is 13.8 Å². The lowest BCUT2D eigenvalue weighted by molar-refractivity contribution is -0.123. The Morgan fingerprint density at radius 3 is 2.35 bits per heavy atom. The Labute approximate surface area is 108 Å². The predicted octanol–water partition coefficient (Wildman–Crippen LogP) is 1.89. The number of carbonyl (C=O) groups excluding carboxylic acids is 1. The van der Waals surface area contributed by atoms with E-state index in [9.17, 15) is 4.79 Å². The Balaban J connectivity index is 4.23. The topological polar surface area (TPSA) is 41.1 Å². The van der Waals surface area contributed by atoms with E-state index < -0.39 is 0 Å². The second-order valence-electron chi connectivity index (χ2n) is 6.05. The summed E-state index contributed by atoms with van der Waals surface area (Å²) in [6.07, 6.45) is 2.32. The van der Waals surface area contributed by atoms with Crippen LogP contribution in [0.4, 0.5) is 0 Å². The molecule has 0 bridgehead atoms. The van der Waals surface area contributed by atoms with Crippen molar-refractivity contribution in [1.82, 2.24) is 10.6 Å². The second-order valence-corrected chi connectivity index (χ2v) is 6.05. The van der Waals surface area contributed by atoms with Crippen LogP contribution in [0.3, 0.4) is 0 Å². The van der Waals surface area contributed by atoms with E-state index in [1.807, 2.05) is 14.0 Å². The number of rotatable bonds is 8. The van der Waals surface area contributed by atoms with Crippen molar-refractivity contribution in [2.24, 2.45) is 5.41 Å². The third-order valence-corrected chi connectivity index (χ3v) is 2.67. The SMILES string of the molecule is [B]C(C)(CNC)CC(C)(C)CC(=O)NCCC. The molecule has 0 saturated heterocycles. The average molecular weight is 238 g/mol. The van der Waals surface area contributed by atoms with Gasteiger partial charge in [0.15, 0.2) is 0 Å². The molecule has 1 unspecified atom stereocenters. The van der Waals surface area contributed by atoms with Gasteiger partial charge in [0.1, 0.15) is 0 Å². The molecular formula is C13H27BN2O. The first-order chi connectivity index (χ1) is 7.72. The predicted molar refractivity (Wildman–Crippen MR) is 74.4 cm³/mol. The van der Waals surface area contributed by atoms with Gasteiger partial charge in [0.25, 0.3) is 0 Å². The summed E-state index contributed by atoms with van der Waals surface area (Å²) in [5, 5.41) is 5.73. The Kier molecular flexibility index (Phi) is 6.84. The maximum atomic E-state index is 11.7. The van der Waals surface area contributed by atoms with E-state index in [1.165, 1.54) is 0 Å². The van der Waals surface area contributed by atoms with Crippen molar-refractivity contribution in [3.63, 3.8) is 0 Å².